The molecule has 1 heteroatoms. The molecule has 0 amide bonds. The van der Waals surface area contributed by atoms with Crippen LogP contribution in [-0.2, 0) is 0 Å². The van der Waals surface area contributed by atoms with Crippen LogP contribution >= 0.6 is 0 Å². The van der Waals surface area contributed by atoms with Crippen LogP contribution < -0.4 is 0 Å². The summed E-state index contributed by atoms with van der Waals surface area (Å²) in [5.74, 6) is 0. The second-order valence-corrected chi connectivity index (χ2v) is 2.91. The van der Waals surface area contributed by atoms with Gasteiger partial charge in [-0.15, -0.1) is 6.58 Å². The number of hydrogen-bond acceptors (Lipinski definition) is 1. The summed E-state index contributed by atoms with van der Waals surface area (Å²) in [6.07, 6.45) is 7.77. The Morgan fingerprint density at radius 3 is 2.67 bits per heavy atom. The zero-order chi connectivity index (χ0) is 9.40. The molecule has 68 valence electrons. The summed E-state index contributed by atoms with van der Waals surface area (Å²) >= 11 is 0. The minimum absolute atomic E-state index is 0.238. The fourth-order valence-corrected chi connectivity index (χ4v) is 0.833. The van der Waals surface area contributed by atoms with Crippen LogP contribution in [-0.4, -0.2) is 11.2 Å². The first-order valence-corrected chi connectivity index (χ1v) is 4.29. The standard InChI is InChI=1S/C11H18O/c1-4-6-7-11(12)9-8-10(3)5-2/h4-5,8,11-12H,1-2,6-7,9H2,3H3/b10-8+. The Morgan fingerprint density at radius 1 is 1.50 bits per heavy atom. The third-order valence-corrected chi connectivity index (χ3v) is 1.74. The summed E-state index contributed by atoms with van der Waals surface area (Å²) in [7, 11) is 0. The van der Waals surface area contributed by atoms with E-state index in [4.69, 9.17) is 0 Å². The van der Waals surface area contributed by atoms with Crippen LogP contribution in [0.5, 0.6) is 0 Å². The van der Waals surface area contributed by atoms with E-state index >= 15 is 0 Å². The first-order chi connectivity index (χ1) is 5.70. The lowest BCUT2D eigenvalue weighted by Crippen LogP contribution is -2.03. The fraction of sp³-hybridized carbons (Fsp3) is 0.455. The summed E-state index contributed by atoms with van der Waals surface area (Å²) in [6, 6.07) is 0. The van der Waals surface area contributed by atoms with Gasteiger partial charge in [0.1, 0.15) is 0 Å². The quantitative estimate of drug-likeness (QED) is 0.475. The van der Waals surface area contributed by atoms with Gasteiger partial charge in [0.2, 0.25) is 0 Å². The van der Waals surface area contributed by atoms with E-state index in [1.807, 2.05) is 19.1 Å². The van der Waals surface area contributed by atoms with Gasteiger partial charge in [-0.2, -0.15) is 0 Å². The van der Waals surface area contributed by atoms with Gasteiger partial charge in [0.05, 0.1) is 6.10 Å². The van der Waals surface area contributed by atoms with E-state index in [9.17, 15) is 5.11 Å². The molecule has 0 aromatic carbocycles. The second-order valence-electron chi connectivity index (χ2n) is 2.91. The van der Waals surface area contributed by atoms with E-state index in [-0.39, 0.29) is 6.10 Å². The monoisotopic (exact) mass is 166 g/mol. The number of aliphatic hydroxyl groups excluding tert-OH is 1. The minimum Gasteiger partial charge on any atom is -0.393 e. The van der Waals surface area contributed by atoms with E-state index < -0.39 is 0 Å². The normalized spacial score (nSPS) is 14.0. The Kier molecular flexibility index (Phi) is 6.39. The maximum atomic E-state index is 9.40. The average Bonchev–Trinajstić information content (AvgIpc) is 2.10. The molecule has 0 saturated carbocycles. The Balaban J connectivity index is 3.61. The van der Waals surface area contributed by atoms with Gasteiger partial charge in [0.25, 0.3) is 0 Å². The van der Waals surface area contributed by atoms with Crippen molar-refractivity contribution in [2.24, 2.45) is 0 Å². The average molecular weight is 166 g/mol. The molecule has 0 bridgehead atoms. The van der Waals surface area contributed by atoms with Crippen molar-refractivity contribution in [1.29, 1.82) is 0 Å². The van der Waals surface area contributed by atoms with Crippen molar-refractivity contribution in [3.05, 3.63) is 37.0 Å². The predicted octanol–water partition coefficient (Wildman–Crippen LogP) is 2.84. The van der Waals surface area contributed by atoms with Gasteiger partial charge in [0.15, 0.2) is 0 Å². The summed E-state index contributed by atoms with van der Waals surface area (Å²) in [6.45, 7) is 9.22. The molecule has 0 rings (SSSR count). The third kappa shape index (κ3) is 5.93. The van der Waals surface area contributed by atoms with Crippen molar-refractivity contribution >= 4 is 0 Å². The maximum absolute atomic E-state index is 9.40. The summed E-state index contributed by atoms with van der Waals surface area (Å²) in [5.41, 5.74) is 1.12. The lowest BCUT2D eigenvalue weighted by molar-refractivity contribution is 0.169. The molecule has 0 aromatic rings. The van der Waals surface area contributed by atoms with Gasteiger partial charge in [-0.3, -0.25) is 0 Å². The zero-order valence-electron chi connectivity index (χ0n) is 7.79. The molecule has 1 N–H and O–H groups in total. The first kappa shape index (κ1) is 11.2. The highest BCUT2D eigenvalue weighted by molar-refractivity contribution is 5.12. The largest absolute Gasteiger partial charge is 0.393 e. The summed E-state index contributed by atoms with van der Waals surface area (Å²) in [4.78, 5) is 0. The molecular weight excluding hydrogens is 148 g/mol. The van der Waals surface area contributed by atoms with Crippen molar-refractivity contribution in [2.75, 3.05) is 0 Å². The molecule has 0 radical (unpaired) electrons. The van der Waals surface area contributed by atoms with Gasteiger partial charge < -0.3 is 5.11 Å². The van der Waals surface area contributed by atoms with Crippen molar-refractivity contribution < 1.29 is 5.11 Å². The van der Waals surface area contributed by atoms with Crippen molar-refractivity contribution in [2.45, 2.75) is 32.3 Å². The van der Waals surface area contributed by atoms with Crippen LogP contribution in [0.2, 0.25) is 0 Å². The number of allylic oxidation sites excluding steroid dienone is 3. The Labute approximate surface area is 75.1 Å². The number of hydrogen-bond donors (Lipinski definition) is 1. The van der Waals surface area contributed by atoms with Crippen molar-refractivity contribution in [3.8, 4) is 0 Å². The second kappa shape index (κ2) is 6.86. The highest BCUT2D eigenvalue weighted by Crippen LogP contribution is 2.05. The molecule has 0 aliphatic rings. The van der Waals surface area contributed by atoms with E-state index in [0.29, 0.717) is 6.42 Å². The number of aliphatic hydroxyl groups is 1. The Morgan fingerprint density at radius 2 is 2.17 bits per heavy atom. The molecule has 1 nitrogen and oxygen atoms in total. The molecule has 0 aliphatic heterocycles. The molecule has 0 spiro atoms. The highest BCUT2D eigenvalue weighted by atomic mass is 16.3. The molecular formula is C11H18O. The minimum atomic E-state index is -0.238. The Bertz CT molecular complexity index is 168. The van der Waals surface area contributed by atoms with Crippen molar-refractivity contribution in [1.82, 2.24) is 0 Å². The fourth-order valence-electron chi connectivity index (χ4n) is 0.833. The molecule has 0 aromatic heterocycles. The van der Waals surface area contributed by atoms with Gasteiger partial charge in [-0.1, -0.05) is 30.4 Å². The predicted molar refractivity (Wildman–Crippen MR) is 54.0 cm³/mol. The van der Waals surface area contributed by atoms with Gasteiger partial charge in [0, 0.05) is 0 Å². The van der Waals surface area contributed by atoms with Crippen LogP contribution in [0.1, 0.15) is 26.2 Å². The lowest BCUT2D eigenvalue weighted by atomic mass is 10.1. The van der Waals surface area contributed by atoms with E-state index in [1.54, 1.807) is 6.08 Å². The zero-order valence-corrected chi connectivity index (χ0v) is 7.79. The molecule has 12 heavy (non-hydrogen) atoms. The van der Waals surface area contributed by atoms with E-state index in [0.717, 1.165) is 18.4 Å². The molecule has 0 saturated heterocycles. The third-order valence-electron chi connectivity index (χ3n) is 1.74. The van der Waals surface area contributed by atoms with Crippen LogP contribution in [0.3, 0.4) is 0 Å². The lowest BCUT2D eigenvalue weighted by Gasteiger charge is -2.05. The molecule has 0 heterocycles. The molecule has 0 fully saturated rings. The van der Waals surface area contributed by atoms with Crippen molar-refractivity contribution in [3.63, 3.8) is 0 Å². The SMILES string of the molecule is C=CCCC(O)C/C=C(\C)C=C. The van der Waals surface area contributed by atoms with Crippen LogP contribution in [0.4, 0.5) is 0 Å². The highest BCUT2D eigenvalue weighted by Gasteiger charge is 1.99. The Hall–Kier alpha value is -0.820. The summed E-state index contributed by atoms with van der Waals surface area (Å²) < 4.78 is 0. The molecule has 1 atom stereocenters. The molecule has 0 aliphatic carbocycles. The van der Waals surface area contributed by atoms with Crippen LogP contribution in [0, 0.1) is 0 Å². The smallest absolute Gasteiger partial charge is 0.0577 e. The van der Waals surface area contributed by atoms with Gasteiger partial charge in [-0.05, 0) is 26.2 Å². The first-order valence-electron chi connectivity index (χ1n) is 4.29. The van der Waals surface area contributed by atoms with E-state index in [2.05, 4.69) is 13.2 Å². The van der Waals surface area contributed by atoms with Crippen LogP contribution in [0.25, 0.3) is 0 Å². The maximum Gasteiger partial charge on any atom is 0.0577 e. The molecule has 1 unspecified atom stereocenters. The van der Waals surface area contributed by atoms with Gasteiger partial charge >= 0.3 is 0 Å². The topological polar surface area (TPSA) is 20.2 Å². The van der Waals surface area contributed by atoms with Gasteiger partial charge in [-0.25, -0.2) is 0 Å². The summed E-state index contributed by atoms with van der Waals surface area (Å²) in [5, 5.41) is 9.40. The number of rotatable bonds is 6. The van der Waals surface area contributed by atoms with Crippen LogP contribution in [0.15, 0.2) is 37.0 Å². The van der Waals surface area contributed by atoms with E-state index in [1.165, 1.54) is 0 Å².